The lowest BCUT2D eigenvalue weighted by Gasteiger charge is -2.16. The number of fused-ring (bicyclic) bond motifs is 8. The molecule has 0 spiro atoms. The maximum Gasteiger partial charge on any atom is 0.335 e. The molecule has 0 radical (unpaired) electrons. The van der Waals surface area contributed by atoms with Gasteiger partial charge in [0.05, 0.1) is 12.2 Å². The van der Waals surface area contributed by atoms with Crippen molar-refractivity contribution in [3.63, 3.8) is 0 Å². The molecule has 2 aliphatic heterocycles. The number of hydrogen-bond acceptors (Lipinski definition) is 3. The number of ether oxygens (including phenoxy) is 1. The Morgan fingerprint density at radius 2 is 1.65 bits per heavy atom. The molecule has 2 N–H and O–H groups in total. The number of carboxylic acid groups (broad SMARTS) is 1. The number of carboxylic acids is 1. The van der Waals surface area contributed by atoms with E-state index in [-0.39, 0.29) is 24.4 Å². The molecule has 2 aliphatic rings. The summed E-state index contributed by atoms with van der Waals surface area (Å²) >= 11 is 0. The minimum Gasteiger partial charge on any atom is -0.478 e. The molecule has 2 aromatic rings. The fourth-order valence-corrected chi connectivity index (χ4v) is 3.13. The van der Waals surface area contributed by atoms with E-state index in [0.717, 1.165) is 27.8 Å². The molecule has 4 rings (SSSR count). The first-order valence-corrected chi connectivity index (χ1v) is 6.45. The average molecular weight is 268 g/mol. The molecule has 100 valence electrons. The molecular formula is C16H12O4. The van der Waals surface area contributed by atoms with E-state index in [1.807, 2.05) is 24.3 Å². The Kier molecular flexibility index (Phi) is 2.28. The number of hydrogen-bond donors (Lipinski definition) is 2. The standard InChI is InChI=1S/C16H12O4/c17-7-8-1-3-10-12(5-8)14-11-4-2-9(16(18)19)6-13(11)15(10)20-14/h1-6,14-15,17H,7H2,(H,18,19)/t14-,15-/m1/s1. The van der Waals surface area contributed by atoms with Crippen molar-refractivity contribution < 1.29 is 19.7 Å². The molecule has 0 amide bonds. The van der Waals surface area contributed by atoms with Crippen molar-refractivity contribution in [3.05, 3.63) is 69.8 Å². The minimum atomic E-state index is -0.925. The SMILES string of the molecule is O=C(O)c1ccc2c(c1)[C@@H]1O[C@H]2c2cc(CO)ccc21. The smallest absolute Gasteiger partial charge is 0.335 e. The molecule has 4 heteroatoms. The highest BCUT2D eigenvalue weighted by Crippen LogP contribution is 2.54. The van der Waals surface area contributed by atoms with Crippen LogP contribution >= 0.6 is 0 Å². The van der Waals surface area contributed by atoms with Crippen molar-refractivity contribution in [2.24, 2.45) is 0 Å². The minimum absolute atomic E-state index is 0.00940. The number of rotatable bonds is 2. The predicted octanol–water partition coefficient (Wildman–Crippen LogP) is 2.40. The van der Waals surface area contributed by atoms with Gasteiger partial charge in [-0.05, 0) is 39.9 Å². The number of aromatic carboxylic acids is 1. The van der Waals surface area contributed by atoms with Gasteiger partial charge < -0.3 is 14.9 Å². The molecule has 20 heavy (non-hydrogen) atoms. The van der Waals surface area contributed by atoms with Gasteiger partial charge in [0, 0.05) is 0 Å². The van der Waals surface area contributed by atoms with Crippen molar-refractivity contribution in [3.8, 4) is 0 Å². The fraction of sp³-hybridized carbons (Fsp3) is 0.188. The van der Waals surface area contributed by atoms with Crippen LogP contribution in [0.4, 0.5) is 0 Å². The molecule has 0 fully saturated rings. The van der Waals surface area contributed by atoms with E-state index < -0.39 is 5.97 Å². The lowest BCUT2D eigenvalue weighted by atomic mass is 9.84. The lowest BCUT2D eigenvalue weighted by Crippen LogP contribution is -2.06. The molecule has 0 saturated carbocycles. The Morgan fingerprint density at radius 1 is 1.00 bits per heavy atom. The van der Waals surface area contributed by atoms with Gasteiger partial charge in [0.1, 0.15) is 12.2 Å². The van der Waals surface area contributed by atoms with Crippen molar-refractivity contribution in [2.75, 3.05) is 0 Å². The number of aliphatic hydroxyl groups is 1. The molecular weight excluding hydrogens is 256 g/mol. The van der Waals surface area contributed by atoms with E-state index in [2.05, 4.69) is 0 Å². The Balaban J connectivity index is 1.86. The van der Waals surface area contributed by atoms with Crippen molar-refractivity contribution >= 4 is 5.97 Å². The van der Waals surface area contributed by atoms with Crippen molar-refractivity contribution in [2.45, 2.75) is 18.8 Å². The first kappa shape index (κ1) is 11.6. The quantitative estimate of drug-likeness (QED) is 0.877. The third-order valence-electron chi connectivity index (χ3n) is 4.07. The van der Waals surface area contributed by atoms with Gasteiger partial charge in [0.15, 0.2) is 0 Å². The van der Waals surface area contributed by atoms with Crippen LogP contribution in [0.25, 0.3) is 0 Å². The zero-order valence-electron chi connectivity index (χ0n) is 10.5. The van der Waals surface area contributed by atoms with Gasteiger partial charge in [-0.2, -0.15) is 0 Å². The fourth-order valence-electron chi connectivity index (χ4n) is 3.13. The molecule has 4 nitrogen and oxygen atoms in total. The maximum atomic E-state index is 11.1. The van der Waals surface area contributed by atoms with Crippen LogP contribution in [0, 0.1) is 0 Å². The summed E-state index contributed by atoms with van der Waals surface area (Å²) in [5.41, 5.74) is 5.28. The van der Waals surface area contributed by atoms with Gasteiger partial charge in [-0.15, -0.1) is 0 Å². The first-order valence-electron chi connectivity index (χ1n) is 6.45. The summed E-state index contributed by atoms with van der Waals surface area (Å²) < 4.78 is 5.97. The van der Waals surface area contributed by atoms with Gasteiger partial charge in [-0.3, -0.25) is 0 Å². The Labute approximate surface area is 115 Å². The second-order valence-corrected chi connectivity index (χ2v) is 5.17. The summed E-state index contributed by atoms with van der Waals surface area (Å²) in [4.78, 5) is 11.1. The maximum absolute atomic E-state index is 11.1. The van der Waals surface area contributed by atoms with E-state index in [1.165, 1.54) is 0 Å². The topological polar surface area (TPSA) is 66.8 Å². The van der Waals surface area contributed by atoms with Crippen LogP contribution in [-0.2, 0) is 11.3 Å². The normalized spacial score (nSPS) is 21.6. The van der Waals surface area contributed by atoms with Gasteiger partial charge in [0.2, 0.25) is 0 Å². The first-order chi connectivity index (χ1) is 9.69. The highest BCUT2D eigenvalue weighted by atomic mass is 16.5. The highest BCUT2D eigenvalue weighted by molar-refractivity contribution is 5.88. The second-order valence-electron chi connectivity index (χ2n) is 5.17. The number of carbonyl (C=O) groups is 1. The number of aliphatic hydroxyl groups excluding tert-OH is 1. The van der Waals surface area contributed by atoms with E-state index in [9.17, 15) is 9.90 Å². The molecule has 0 saturated heterocycles. The van der Waals surface area contributed by atoms with Gasteiger partial charge in [-0.1, -0.05) is 24.3 Å². The van der Waals surface area contributed by atoms with Crippen molar-refractivity contribution in [1.82, 2.24) is 0 Å². The van der Waals surface area contributed by atoms with E-state index in [0.29, 0.717) is 0 Å². The summed E-state index contributed by atoms with van der Waals surface area (Å²) in [7, 11) is 0. The summed E-state index contributed by atoms with van der Waals surface area (Å²) in [6.45, 7) is 0.00940. The van der Waals surface area contributed by atoms with Gasteiger partial charge in [-0.25, -0.2) is 4.79 Å². The summed E-state index contributed by atoms with van der Waals surface area (Å²) in [6, 6.07) is 10.9. The zero-order chi connectivity index (χ0) is 13.9. The van der Waals surface area contributed by atoms with Crippen LogP contribution in [0.2, 0.25) is 0 Å². The zero-order valence-corrected chi connectivity index (χ0v) is 10.5. The lowest BCUT2D eigenvalue weighted by molar-refractivity contribution is 0.0696. The second kappa shape index (κ2) is 3.91. The van der Waals surface area contributed by atoms with Gasteiger partial charge in [0.25, 0.3) is 0 Å². The third kappa shape index (κ3) is 1.40. The highest BCUT2D eigenvalue weighted by Gasteiger charge is 2.42. The van der Waals surface area contributed by atoms with Crippen LogP contribution in [0.15, 0.2) is 36.4 Å². The Bertz CT molecular complexity index is 735. The number of benzene rings is 2. The summed E-state index contributed by atoms with van der Waals surface area (Å²) in [5.74, 6) is -0.925. The van der Waals surface area contributed by atoms with Crippen LogP contribution < -0.4 is 0 Å². The summed E-state index contributed by atoms with van der Waals surface area (Å²) in [5, 5.41) is 18.3. The molecule has 0 aromatic heterocycles. The Hall–Kier alpha value is -2.17. The van der Waals surface area contributed by atoms with Crippen LogP contribution in [0.5, 0.6) is 0 Å². The molecule has 2 bridgehead atoms. The monoisotopic (exact) mass is 268 g/mol. The summed E-state index contributed by atoms with van der Waals surface area (Å²) in [6.07, 6.45) is -0.323. The molecule has 2 atom stereocenters. The average Bonchev–Trinajstić information content (AvgIpc) is 3.02. The van der Waals surface area contributed by atoms with Gasteiger partial charge >= 0.3 is 5.97 Å². The third-order valence-corrected chi connectivity index (χ3v) is 4.07. The molecule has 0 unspecified atom stereocenters. The van der Waals surface area contributed by atoms with E-state index in [1.54, 1.807) is 12.1 Å². The van der Waals surface area contributed by atoms with Crippen LogP contribution in [0.3, 0.4) is 0 Å². The Morgan fingerprint density at radius 3 is 2.30 bits per heavy atom. The van der Waals surface area contributed by atoms with Crippen molar-refractivity contribution in [1.29, 1.82) is 0 Å². The molecule has 2 aromatic carbocycles. The predicted molar refractivity (Wildman–Crippen MR) is 70.5 cm³/mol. The largest absolute Gasteiger partial charge is 0.478 e. The van der Waals surface area contributed by atoms with Crippen LogP contribution in [0.1, 0.15) is 50.4 Å². The van der Waals surface area contributed by atoms with E-state index >= 15 is 0 Å². The molecule has 2 heterocycles. The molecule has 0 aliphatic carbocycles. The van der Waals surface area contributed by atoms with E-state index in [4.69, 9.17) is 9.84 Å². The van der Waals surface area contributed by atoms with Crippen LogP contribution in [-0.4, -0.2) is 16.2 Å².